The molecule has 0 bridgehead atoms. The van der Waals surface area contributed by atoms with Crippen LogP contribution >= 0.6 is 15.9 Å². The molecular formula is C15H13BrO2. The first-order valence-corrected chi connectivity index (χ1v) is 6.76. The Hall–Kier alpha value is -1.45. The summed E-state index contributed by atoms with van der Waals surface area (Å²) in [4.78, 5) is 12.1. The van der Waals surface area contributed by atoms with Crippen molar-refractivity contribution in [1.29, 1.82) is 0 Å². The molecule has 0 heterocycles. The zero-order chi connectivity index (χ0) is 13.0. The molecule has 1 N–H and O–H groups in total. The number of benzene rings is 2. The average molecular weight is 305 g/mol. The number of aliphatic hydroxyl groups excluding tert-OH is 1. The van der Waals surface area contributed by atoms with Crippen LogP contribution in [0.2, 0.25) is 0 Å². The first kappa shape index (κ1) is 13.0. The zero-order valence-electron chi connectivity index (χ0n) is 9.71. The van der Waals surface area contributed by atoms with E-state index in [0.29, 0.717) is 11.1 Å². The van der Waals surface area contributed by atoms with E-state index in [4.69, 9.17) is 0 Å². The van der Waals surface area contributed by atoms with Crippen LogP contribution < -0.4 is 0 Å². The molecule has 0 aromatic heterocycles. The van der Waals surface area contributed by atoms with Crippen molar-refractivity contribution >= 4 is 21.7 Å². The van der Waals surface area contributed by atoms with Gasteiger partial charge in [-0.1, -0.05) is 70.5 Å². The number of halogens is 1. The lowest BCUT2D eigenvalue weighted by molar-refractivity contribution is 0.0747. The highest BCUT2D eigenvalue weighted by molar-refractivity contribution is 9.08. The summed E-state index contributed by atoms with van der Waals surface area (Å²) in [7, 11) is 0. The van der Waals surface area contributed by atoms with Crippen molar-refractivity contribution in [3.05, 3.63) is 71.3 Å². The molecule has 3 heteroatoms. The number of aliphatic hydroxyl groups is 1. The third-order valence-electron chi connectivity index (χ3n) is 2.76. The Morgan fingerprint density at radius 3 is 2.22 bits per heavy atom. The summed E-state index contributed by atoms with van der Waals surface area (Å²) in [6.07, 6.45) is -1.10. The van der Waals surface area contributed by atoms with Gasteiger partial charge in [0.15, 0.2) is 5.78 Å². The predicted molar refractivity (Wildman–Crippen MR) is 74.8 cm³/mol. The lowest BCUT2D eigenvalue weighted by Gasteiger charge is -2.10. The van der Waals surface area contributed by atoms with E-state index in [-0.39, 0.29) is 5.78 Å². The summed E-state index contributed by atoms with van der Waals surface area (Å²) in [6.45, 7) is 0. The normalized spacial score (nSPS) is 12.1. The van der Waals surface area contributed by atoms with Gasteiger partial charge < -0.3 is 5.11 Å². The van der Waals surface area contributed by atoms with Crippen LogP contribution in [0.4, 0.5) is 0 Å². The van der Waals surface area contributed by atoms with Crippen molar-refractivity contribution in [2.45, 2.75) is 11.4 Å². The highest BCUT2D eigenvalue weighted by Gasteiger charge is 2.18. The third-order valence-corrected chi connectivity index (χ3v) is 3.40. The Labute approximate surface area is 114 Å². The molecule has 18 heavy (non-hydrogen) atoms. The minimum atomic E-state index is -1.10. The fourth-order valence-electron chi connectivity index (χ4n) is 1.70. The van der Waals surface area contributed by atoms with Gasteiger partial charge in [-0.2, -0.15) is 0 Å². The van der Waals surface area contributed by atoms with Gasteiger partial charge in [0.2, 0.25) is 0 Å². The summed E-state index contributed by atoms with van der Waals surface area (Å²) < 4.78 is 0. The maximum absolute atomic E-state index is 12.1. The van der Waals surface area contributed by atoms with Crippen molar-refractivity contribution in [2.24, 2.45) is 0 Å². The minimum Gasteiger partial charge on any atom is -0.380 e. The van der Waals surface area contributed by atoms with E-state index in [1.54, 1.807) is 36.4 Å². The van der Waals surface area contributed by atoms with Gasteiger partial charge in [0.25, 0.3) is 0 Å². The van der Waals surface area contributed by atoms with Crippen LogP contribution in [0, 0.1) is 0 Å². The number of Topliss-reactive ketones (excluding diaryl/α,β-unsaturated/α-hetero) is 1. The van der Waals surface area contributed by atoms with Gasteiger partial charge in [0.05, 0.1) is 0 Å². The Morgan fingerprint density at radius 1 is 1.06 bits per heavy atom. The number of hydrogen-bond acceptors (Lipinski definition) is 2. The van der Waals surface area contributed by atoms with Crippen LogP contribution in [0.25, 0.3) is 0 Å². The number of alkyl halides is 1. The Kier molecular flexibility index (Phi) is 4.28. The summed E-state index contributed by atoms with van der Waals surface area (Å²) in [5, 5.41) is 10.8. The summed E-state index contributed by atoms with van der Waals surface area (Å²) in [5.74, 6) is -0.276. The summed E-state index contributed by atoms with van der Waals surface area (Å²) >= 11 is 3.35. The summed E-state index contributed by atoms with van der Waals surface area (Å²) in [5.41, 5.74) is 2.24. The Bertz CT molecular complexity index is 520. The SMILES string of the molecule is O=C(c1ccc(CBr)cc1)C(O)c1ccccc1. The zero-order valence-corrected chi connectivity index (χ0v) is 11.3. The van der Waals surface area contributed by atoms with Gasteiger partial charge >= 0.3 is 0 Å². The third kappa shape index (κ3) is 2.86. The lowest BCUT2D eigenvalue weighted by Crippen LogP contribution is -2.12. The van der Waals surface area contributed by atoms with Crippen LogP contribution in [-0.4, -0.2) is 10.9 Å². The molecule has 0 aliphatic heterocycles. The van der Waals surface area contributed by atoms with Gasteiger partial charge in [0, 0.05) is 10.9 Å². The largest absolute Gasteiger partial charge is 0.380 e. The second-order valence-electron chi connectivity index (χ2n) is 4.01. The molecule has 2 aromatic rings. The molecular weight excluding hydrogens is 292 g/mol. The molecule has 0 saturated heterocycles. The number of carbonyl (C=O) groups excluding carboxylic acids is 1. The fraction of sp³-hybridized carbons (Fsp3) is 0.133. The molecule has 2 aromatic carbocycles. The number of ketones is 1. The van der Waals surface area contributed by atoms with Crippen LogP contribution in [0.5, 0.6) is 0 Å². The molecule has 0 saturated carbocycles. The van der Waals surface area contributed by atoms with Crippen LogP contribution in [-0.2, 0) is 5.33 Å². The van der Waals surface area contributed by atoms with Gasteiger partial charge in [-0.15, -0.1) is 0 Å². The molecule has 0 fully saturated rings. The van der Waals surface area contributed by atoms with Crippen LogP contribution in [0.1, 0.15) is 27.6 Å². The molecule has 1 unspecified atom stereocenters. The average Bonchev–Trinajstić information content (AvgIpc) is 2.47. The number of carbonyl (C=O) groups is 1. The molecule has 1 atom stereocenters. The lowest BCUT2D eigenvalue weighted by atomic mass is 9.99. The van der Waals surface area contributed by atoms with Gasteiger partial charge in [0.1, 0.15) is 6.10 Å². The maximum atomic E-state index is 12.1. The quantitative estimate of drug-likeness (QED) is 0.693. The number of hydrogen-bond donors (Lipinski definition) is 1. The van der Waals surface area contributed by atoms with Crippen molar-refractivity contribution in [2.75, 3.05) is 0 Å². The molecule has 0 spiro atoms. The van der Waals surface area contributed by atoms with Gasteiger partial charge in [-0.25, -0.2) is 0 Å². The molecule has 92 valence electrons. The number of rotatable bonds is 4. The topological polar surface area (TPSA) is 37.3 Å². The Balaban J connectivity index is 2.20. The fourth-order valence-corrected chi connectivity index (χ4v) is 2.08. The van der Waals surface area contributed by atoms with E-state index in [0.717, 1.165) is 10.9 Å². The summed E-state index contributed by atoms with van der Waals surface area (Å²) in [6, 6.07) is 16.2. The highest BCUT2D eigenvalue weighted by Crippen LogP contribution is 2.18. The van der Waals surface area contributed by atoms with Crippen molar-refractivity contribution < 1.29 is 9.90 Å². The first-order chi connectivity index (χ1) is 8.72. The van der Waals surface area contributed by atoms with E-state index >= 15 is 0 Å². The van der Waals surface area contributed by atoms with Crippen molar-refractivity contribution in [1.82, 2.24) is 0 Å². The molecule has 0 radical (unpaired) electrons. The highest BCUT2D eigenvalue weighted by atomic mass is 79.9. The molecule has 2 rings (SSSR count). The molecule has 0 aliphatic rings. The Morgan fingerprint density at radius 2 is 1.67 bits per heavy atom. The molecule has 0 amide bonds. The van der Waals surface area contributed by atoms with E-state index < -0.39 is 6.10 Å². The van der Waals surface area contributed by atoms with Crippen LogP contribution in [0.3, 0.4) is 0 Å². The van der Waals surface area contributed by atoms with E-state index in [1.807, 2.05) is 18.2 Å². The maximum Gasteiger partial charge on any atom is 0.195 e. The van der Waals surface area contributed by atoms with Gasteiger partial charge in [-0.3, -0.25) is 4.79 Å². The van der Waals surface area contributed by atoms with E-state index in [9.17, 15) is 9.90 Å². The first-order valence-electron chi connectivity index (χ1n) is 5.64. The predicted octanol–water partition coefficient (Wildman–Crippen LogP) is 3.50. The monoisotopic (exact) mass is 304 g/mol. The second-order valence-corrected chi connectivity index (χ2v) is 4.57. The molecule has 2 nitrogen and oxygen atoms in total. The van der Waals surface area contributed by atoms with Crippen molar-refractivity contribution in [3.63, 3.8) is 0 Å². The van der Waals surface area contributed by atoms with Crippen LogP contribution in [0.15, 0.2) is 54.6 Å². The molecule has 0 aliphatic carbocycles. The van der Waals surface area contributed by atoms with E-state index in [1.165, 1.54) is 0 Å². The smallest absolute Gasteiger partial charge is 0.195 e. The van der Waals surface area contributed by atoms with E-state index in [2.05, 4.69) is 15.9 Å². The standard InChI is InChI=1S/C15H13BrO2/c16-10-11-6-8-13(9-7-11)15(18)14(17)12-4-2-1-3-5-12/h1-9,14,17H,10H2. The van der Waals surface area contributed by atoms with Gasteiger partial charge in [-0.05, 0) is 11.1 Å². The second kappa shape index (κ2) is 5.94. The van der Waals surface area contributed by atoms with Crippen molar-refractivity contribution in [3.8, 4) is 0 Å². The minimum absolute atomic E-state index is 0.276.